The highest BCUT2D eigenvalue weighted by molar-refractivity contribution is 7.81. The molecule has 0 bridgehead atoms. The molecule has 114 valence electrons. The van der Waals surface area contributed by atoms with Gasteiger partial charge in [0.1, 0.15) is 5.75 Å². The summed E-state index contributed by atoms with van der Waals surface area (Å²) in [5, 5.41) is 0. The first kappa shape index (κ1) is 17.0. The molecule has 0 saturated heterocycles. The summed E-state index contributed by atoms with van der Waals surface area (Å²) < 4.78 is 34.3. The molecule has 5 heteroatoms. The minimum Gasteiger partial charge on any atom is -0.362 e. The van der Waals surface area contributed by atoms with Gasteiger partial charge >= 0.3 is 10.4 Å². The summed E-state index contributed by atoms with van der Waals surface area (Å²) in [7, 11) is -4.43. The highest BCUT2D eigenvalue weighted by atomic mass is 32.3. The standard InChI is InChI=1S/C15H24O4S/c1-2-3-4-5-6-7-8-10-14-11-9-12-15(13-14)19-20(16,17)18/h9,11-13H,2-8,10H2,1H3,(H,16,17,18). The number of hydrogen-bond donors (Lipinski definition) is 1. The normalized spacial score (nSPS) is 11.5. The fourth-order valence-electron chi connectivity index (χ4n) is 2.16. The first-order valence-corrected chi connectivity index (χ1v) is 8.63. The maximum Gasteiger partial charge on any atom is 0.446 e. The third-order valence-corrected chi connectivity index (χ3v) is 3.57. The van der Waals surface area contributed by atoms with Gasteiger partial charge in [0.25, 0.3) is 0 Å². The number of aryl methyl sites for hydroxylation is 1. The smallest absolute Gasteiger partial charge is 0.362 e. The van der Waals surface area contributed by atoms with Crippen LogP contribution >= 0.6 is 0 Å². The van der Waals surface area contributed by atoms with Gasteiger partial charge in [-0.25, -0.2) is 0 Å². The Hall–Kier alpha value is -1.07. The zero-order valence-electron chi connectivity index (χ0n) is 12.0. The van der Waals surface area contributed by atoms with Crippen molar-refractivity contribution >= 4 is 10.4 Å². The fourth-order valence-corrected chi connectivity index (χ4v) is 2.51. The third kappa shape index (κ3) is 8.17. The predicted octanol–water partition coefficient (Wildman–Crippen LogP) is 4.16. The van der Waals surface area contributed by atoms with Crippen LogP contribution < -0.4 is 4.18 Å². The van der Waals surface area contributed by atoms with Crippen LogP contribution in [-0.4, -0.2) is 13.0 Å². The molecule has 1 aromatic carbocycles. The van der Waals surface area contributed by atoms with Crippen LogP contribution in [0.2, 0.25) is 0 Å². The van der Waals surface area contributed by atoms with Gasteiger partial charge in [0, 0.05) is 0 Å². The van der Waals surface area contributed by atoms with E-state index in [0.29, 0.717) is 0 Å². The zero-order chi connectivity index (χ0) is 14.8. The van der Waals surface area contributed by atoms with E-state index in [1.54, 1.807) is 12.1 Å². The third-order valence-electron chi connectivity index (χ3n) is 3.17. The van der Waals surface area contributed by atoms with Crippen LogP contribution in [0.3, 0.4) is 0 Å². The van der Waals surface area contributed by atoms with E-state index in [9.17, 15) is 8.42 Å². The van der Waals surface area contributed by atoms with Crippen LogP contribution in [0.1, 0.15) is 57.4 Å². The Morgan fingerprint density at radius 3 is 2.35 bits per heavy atom. The van der Waals surface area contributed by atoms with Gasteiger partial charge in [0.05, 0.1) is 0 Å². The lowest BCUT2D eigenvalue weighted by Crippen LogP contribution is -2.06. The second-order valence-corrected chi connectivity index (χ2v) is 6.05. The summed E-state index contributed by atoms with van der Waals surface area (Å²) in [6.45, 7) is 2.21. The van der Waals surface area contributed by atoms with E-state index >= 15 is 0 Å². The molecule has 1 aromatic rings. The Labute approximate surface area is 122 Å². The van der Waals surface area contributed by atoms with Crippen LogP contribution in [0, 0.1) is 0 Å². The Kier molecular flexibility index (Phi) is 7.62. The molecule has 1 N–H and O–H groups in total. The molecule has 0 saturated carbocycles. The van der Waals surface area contributed by atoms with Crippen molar-refractivity contribution in [2.24, 2.45) is 0 Å². The fraction of sp³-hybridized carbons (Fsp3) is 0.600. The average molecular weight is 300 g/mol. The Balaban J connectivity index is 2.28. The van der Waals surface area contributed by atoms with Gasteiger partial charge in [0.15, 0.2) is 0 Å². The van der Waals surface area contributed by atoms with Crippen molar-refractivity contribution in [3.63, 3.8) is 0 Å². The SMILES string of the molecule is CCCCCCCCCc1cccc(OS(=O)(=O)O)c1. The Bertz CT molecular complexity index is 482. The van der Waals surface area contributed by atoms with Crippen LogP contribution in [0.4, 0.5) is 0 Å². The Morgan fingerprint density at radius 2 is 1.70 bits per heavy atom. The van der Waals surface area contributed by atoms with Crippen molar-refractivity contribution in [2.75, 3.05) is 0 Å². The van der Waals surface area contributed by atoms with Gasteiger partial charge in [-0.05, 0) is 30.5 Å². The highest BCUT2D eigenvalue weighted by Crippen LogP contribution is 2.17. The number of benzene rings is 1. The molecule has 0 heterocycles. The van der Waals surface area contributed by atoms with Gasteiger partial charge in [-0.2, -0.15) is 8.42 Å². The largest absolute Gasteiger partial charge is 0.446 e. The van der Waals surface area contributed by atoms with Gasteiger partial charge in [-0.3, -0.25) is 4.55 Å². The van der Waals surface area contributed by atoms with E-state index in [2.05, 4.69) is 11.1 Å². The van der Waals surface area contributed by atoms with Gasteiger partial charge in [-0.1, -0.05) is 57.6 Å². The minimum atomic E-state index is -4.43. The molecule has 0 amide bonds. The molecule has 0 fully saturated rings. The maximum absolute atomic E-state index is 10.6. The molecule has 4 nitrogen and oxygen atoms in total. The Morgan fingerprint density at radius 1 is 1.05 bits per heavy atom. The molecule has 1 rings (SSSR count). The van der Waals surface area contributed by atoms with Crippen molar-refractivity contribution in [1.29, 1.82) is 0 Å². The molecule has 0 aliphatic carbocycles. The van der Waals surface area contributed by atoms with Gasteiger partial charge in [0.2, 0.25) is 0 Å². The molecular weight excluding hydrogens is 276 g/mol. The molecule has 0 unspecified atom stereocenters. The summed E-state index contributed by atoms with van der Waals surface area (Å²) in [5.74, 6) is 0.160. The highest BCUT2D eigenvalue weighted by Gasteiger charge is 2.06. The van der Waals surface area contributed by atoms with Crippen molar-refractivity contribution < 1.29 is 17.2 Å². The summed E-state index contributed by atoms with van der Waals surface area (Å²) in [5.41, 5.74) is 1.03. The summed E-state index contributed by atoms with van der Waals surface area (Å²) in [6.07, 6.45) is 9.61. The first-order valence-electron chi connectivity index (χ1n) is 7.27. The molecule has 20 heavy (non-hydrogen) atoms. The first-order chi connectivity index (χ1) is 9.51. The monoisotopic (exact) mass is 300 g/mol. The van der Waals surface area contributed by atoms with E-state index in [1.165, 1.54) is 44.6 Å². The van der Waals surface area contributed by atoms with Gasteiger partial charge < -0.3 is 4.18 Å². The number of rotatable bonds is 10. The van der Waals surface area contributed by atoms with E-state index in [1.807, 2.05) is 6.07 Å². The lowest BCUT2D eigenvalue weighted by Gasteiger charge is -2.05. The lowest BCUT2D eigenvalue weighted by atomic mass is 10.0. The van der Waals surface area contributed by atoms with Crippen LogP contribution in [0.15, 0.2) is 24.3 Å². The summed E-state index contributed by atoms with van der Waals surface area (Å²) in [4.78, 5) is 0. The maximum atomic E-state index is 10.6. The van der Waals surface area contributed by atoms with Crippen LogP contribution in [0.5, 0.6) is 5.75 Å². The van der Waals surface area contributed by atoms with E-state index in [-0.39, 0.29) is 5.75 Å². The molecule has 0 aliphatic heterocycles. The molecule has 0 atom stereocenters. The van der Waals surface area contributed by atoms with Gasteiger partial charge in [-0.15, -0.1) is 0 Å². The van der Waals surface area contributed by atoms with Crippen molar-refractivity contribution in [2.45, 2.75) is 58.3 Å². The minimum absolute atomic E-state index is 0.160. The summed E-state index contributed by atoms with van der Waals surface area (Å²) in [6, 6.07) is 6.85. The van der Waals surface area contributed by atoms with Crippen molar-refractivity contribution in [3.8, 4) is 5.75 Å². The number of hydrogen-bond acceptors (Lipinski definition) is 3. The lowest BCUT2D eigenvalue weighted by molar-refractivity contribution is 0.386. The van der Waals surface area contributed by atoms with E-state index < -0.39 is 10.4 Å². The molecule has 0 aromatic heterocycles. The molecule has 0 aliphatic rings. The predicted molar refractivity (Wildman–Crippen MR) is 80.3 cm³/mol. The average Bonchev–Trinajstić information content (AvgIpc) is 2.36. The number of unbranched alkanes of at least 4 members (excludes halogenated alkanes) is 6. The van der Waals surface area contributed by atoms with E-state index in [4.69, 9.17) is 4.55 Å². The quantitative estimate of drug-likeness (QED) is 0.520. The molecular formula is C15H24O4S. The van der Waals surface area contributed by atoms with Crippen molar-refractivity contribution in [1.82, 2.24) is 0 Å². The van der Waals surface area contributed by atoms with Crippen LogP contribution in [0.25, 0.3) is 0 Å². The molecule has 0 radical (unpaired) electrons. The second kappa shape index (κ2) is 8.97. The topological polar surface area (TPSA) is 63.6 Å². The second-order valence-electron chi connectivity index (χ2n) is 5.03. The summed E-state index contributed by atoms with van der Waals surface area (Å²) >= 11 is 0. The van der Waals surface area contributed by atoms with E-state index in [0.717, 1.165) is 18.4 Å². The molecule has 0 spiro atoms. The van der Waals surface area contributed by atoms with Crippen molar-refractivity contribution in [3.05, 3.63) is 29.8 Å². The zero-order valence-corrected chi connectivity index (χ0v) is 12.9. The van der Waals surface area contributed by atoms with Crippen LogP contribution in [-0.2, 0) is 16.8 Å².